The summed E-state index contributed by atoms with van der Waals surface area (Å²) in [5.74, 6) is -2.57. The highest BCUT2D eigenvalue weighted by Gasteiger charge is 2.36. The summed E-state index contributed by atoms with van der Waals surface area (Å²) >= 11 is 0.628. The van der Waals surface area contributed by atoms with E-state index in [4.69, 9.17) is 9.84 Å². The van der Waals surface area contributed by atoms with Crippen LogP contribution in [0.3, 0.4) is 0 Å². The van der Waals surface area contributed by atoms with Crippen molar-refractivity contribution in [1.82, 2.24) is 4.90 Å². The monoisotopic (exact) mass is 365 g/mol. The van der Waals surface area contributed by atoms with Gasteiger partial charge >= 0.3 is 11.9 Å². The Morgan fingerprint density at radius 3 is 2.68 bits per heavy atom. The van der Waals surface area contributed by atoms with Gasteiger partial charge in [-0.1, -0.05) is 6.07 Å². The van der Waals surface area contributed by atoms with Crippen LogP contribution >= 0.6 is 11.8 Å². The number of hydrogen-bond donors (Lipinski definition) is 2. The van der Waals surface area contributed by atoms with E-state index in [1.54, 1.807) is 6.92 Å². The number of carbonyl (C=O) groups is 4. The summed E-state index contributed by atoms with van der Waals surface area (Å²) in [4.78, 5) is 47.2. The van der Waals surface area contributed by atoms with E-state index in [2.05, 4.69) is 0 Å². The predicted molar refractivity (Wildman–Crippen MR) is 88.8 cm³/mol. The lowest BCUT2D eigenvalue weighted by Crippen LogP contribution is -2.34. The number of nitrogens with zero attached hydrogens (tertiary/aromatic N) is 1. The Balaban J connectivity index is 2.24. The third-order valence-corrected chi connectivity index (χ3v) is 4.11. The SMILES string of the molecule is CCOC(=O)CN1C(=O)S/C(=C\c2cc(CC(=O)O)ccc2O)C1=O. The number of carboxylic acids is 1. The Hall–Kier alpha value is -2.81. The molecule has 0 atom stereocenters. The van der Waals surface area contributed by atoms with E-state index < -0.39 is 29.6 Å². The molecule has 2 amide bonds. The number of thioether (sulfide) groups is 1. The predicted octanol–water partition coefficient (Wildman–Crippen LogP) is 1.62. The first-order chi connectivity index (χ1) is 11.8. The topological polar surface area (TPSA) is 121 Å². The van der Waals surface area contributed by atoms with Gasteiger partial charge in [0.1, 0.15) is 12.3 Å². The second kappa shape index (κ2) is 7.84. The first-order valence-electron chi connectivity index (χ1n) is 7.26. The van der Waals surface area contributed by atoms with Crippen molar-refractivity contribution in [3.63, 3.8) is 0 Å². The van der Waals surface area contributed by atoms with Crippen molar-refractivity contribution in [3.8, 4) is 5.75 Å². The number of phenolic OH excluding ortho intramolecular Hbond substituents is 1. The molecule has 0 aromatic heterocycles. The van der Waals surface area contributed by atoms with Crippen molar-refractivity contribution in [2.24, 2.45) is 0 Å². The molecule has 132 valence electrons. The fourth-order valence-electron chi connectivity index (χ4n) is 2.12. The molecule has 2 N–H and O–H groups in total. The van der Waals surface area contributed by atoms with Crippen LogP contribution in [0.25, 0.3) is 6.08 Å². The summed E-state index contributed by atoms with van der Waals surface area (Å²) in [5.41, 5.74) is 0.641. The van der Waals surface area contributed by atoms with Gasteiger partial charge in [0, 0.05) is 5.56 Å². The Bertz CT molecular complexity index is 772. The number of phenols is 1. The number of esters is 1. The molecule has 0 spiro atoms. The number of carbonyl (C=O) groups excluding carboxylic acids is 3. The molecule has 1 aliphatic heterocycles. The zero-order valence-corrected chi connectivity index (χ0v) is 14.0. The Morgan fingerprint density at radius 2 is 2.04 bits per heavy atom. The molecule has 1 heterocycles. The van der Waals surface area contributed by atoms with Gasteiger partial charge in [-0.3, -0.25) is 24.1 Å². The van der Waals surface area contributed by atoms with Crippen LogP contribution in [0.2, 0.25) is 0 Å². The maximum Gasteiger partial charge on any atom is 0.326 e. The molecule has 0 unspecified atom stereocenters. The molecule has 1 fully saturated rings. The maximum absolute atomic E-state index is 12.3. The minimum atomic E-state index is -1.04. The summed E-state index contributed by atoms with van der Waals surface area (Å²) in [6.07, 6.45) is 1.04. The smallest absolute Gasteiger partial charge is 0.326 e. The number of hydrogen-bond acceptors (Lipinski definition) is 7. The molecular formula is C16H15NO7S. The molecule has 1 aromatic carbocycles. The number of rotatable bonds is 6. The van der Waals surface area contributed by atoms with Crippen LogP contribution in [0.5, 0.6) is 5.75 Å². The summed E-state index contributed by atoms with van der Waals surface area (Å²) < 4.78 is 4.72. The van der Waals surface area contributed by atoms with Crippen molar-refractivity contribution in [2.75, 3.05) is 13.2 Å². The van der Waals surface area contributed by atoms with Crippen LogP contribution in [0.1, 0.15) is 18.1 Å². The molecule has 0 aliphatic carbocycles. The van der Waals surface area contributed by atoms with E-state index in [9.17, 15) is 24.3 Å². The van der Waals surface area contributed by atoms with E-state index in [0.717, 1.165) is 4.90 Å². The van der Waals surface area contributed by atoms with Crippen LogP contribution in [0.4, 0.5) is 4.79 Å². The van der Waals surface area contributed by atoms with Crippen LogP contribution in [-0.2, 0) is 25.5 Å². The van der Waals surface area contributed by atoms with E-state index in [-0.39, 0.29) is 29.2 Å². The maximum atomic E-state index is 12.3. The summed E-state index contributed by atoms with van der Waals surface area (Å²) in [5, 5.41) is 18.1. The molecule has 0 saturated carbocycles. The summed E-state index contributed by atoms with van der Waals surface area (Å²) in [6.45, 7) is 1.26. The van der Waals surface area contributed by atoms with Gasteiger partial charge in [0.2, 0.25) is 0 Å². The molecular weight excluding hydrogens is 350 g/mol. The highest BCUT2D eigenvalue weighted by atomic mass is 32.2. The van der Waals surface area contributed by atoms with Crippen LogP contribution < -0.4 is 0 Å². The zero-order valence-electron chi connectivity index (χ0n) is 13.2. The Labute approximate surface area is 147 Å². The van der Waals surface area contributed by atoms with Crippen LogP contribution in [0.15, 0.2) is 23.1 Å². The molecule has 1 saturated heterocycles. The third-order valence-electron chi connectivity index (χ3n) is 3.20. The molecule has 1 aliphatic rings. The number of aromatic hydroxyl groups is 1. The van der Waals surface area contributed by atoms with E-state index in [1.165, 1.54) is 24.3 Å². The minimum Gasteiger partial charge on any atom is -0.507 e. The second-order valence-corrected chi connectivity index (χ2v) is 6.03. The van der Waals surface area contributed by atoms with Crippen molar-refractivity contribution in [1.29, 1.82) is 0 Å². The average molecular weight is 365 g/mol. The molecule has 0 bridgehead atoms. The Kier molecular flexibility index (Phi) is 5.81. The number of ether oxygens (including phenoxy) is 1. The largest absolute Gasteiger partial charge is 0.507 e. The van der Waals surface area contributed by atoms with Crippen molar-refractivity contribution >= 4 is 40.9 Å². The number of amides is 2. The molecule has 2 rings (SSSR count). The standard InChI is InChI=1S/C16H15NO7S/c1-2-24-14(21)8-17-15(22)12(25-16(17)23)7-10-5-9(6-13(19)20)3-4-11(10)18/h3-5,7,18H,2,6,8H2,1H3,(H,19,20)/b12-7-. The molecule has 1 aromatic rings. The van der Waals surface area contributed by atoms with Crippen molar-refractivity contribution in [2.45, 2.75) is 13.3 Å². The van der Waals surface area contributed by atoms with Crippen molar-refractivity contribution in [3.05, 3.63) is 34.2 Å². The lowest BCUT2D eigenvalue weighted by Gasteiger charge is -2.10. The number of aliphatic carboxylic acids is 1. The van der Waals surface area contributed by atoms with Gasteiger partial charge in [0.15, 0.2) is 0 Å². The average Bonchev–Trinajstić information content (AvgIpc) is 2.78. The van der Waals surface area contributed by atoms with Gasteiger partial charge in [-0.15, -0.1) is 0 Å². The van der Waals surface area contributed by atoms with Crippen molar-refractivity contribution < 1.29 is 34.1 Å². The zero-order chi connectivity index (χ0) is 18.6. The van der Waals surface area contributed by atoms with E-state index >= 15 is 0 Å². The van der Waals surface area contributed by atoms with Gasteiger partial charge in [0.05, 0.1) is 17.9 Å². The lowest BCUT2D eigenvalue weighted by molar-refractivity contribution is -0.146. The molecule has 0 radical (unpaired) electrons. The van der Waals surface area contributed by atoms with Gasteiger partial charge in [-0.05, 0) is 42.5 Å². The summed E-state index contributed by atoms with van der Waals surface area (Å²) in [7, 11) is 0. The Morgan fingerprint density at radius 1 is 1.32 bits per heavy atom. The second-order valence-electron chi connectivity index (χ2n) is 5.04. The minimum absolute atomic E-state index is 0.0251. The van der Waals surface area contributed by atoms with Crippen LogP contribution in [-0.4, -0.2) is 51.3 Å². The van der Waals surface area contributed by atoms with E-state index in [1.807, 2.05) is 0 Å². The highest BCUT2D eigenvalue weighted by Crippen LogP contribution is 2.34. The fraction of sp³-hybridized carbons (Fsp3) is 0.250. The van der Waals surface area contributed by atoms with E-state index in [0.29, 0.717) is 17.3 Å². The number of carboxylic acid groups (broad SMARTS) is 1. The van der Waals surface area contributed by atoms with Gasteiger partial charge in [-0.25, -0.2) is 0 Å². The highest BCUT2D eigenvalue weighted by molar-refractivity contribution is 8.18. The molecule has 9 heteroatoms. The van der Waals surface area contributed by atoms with Crippen LogP contribution in [0, 0.1) is 0 Å². The quantitative estimate of drug-likeness (QED) is 0.576. The molecule has 8 nitrogen and oxygen atoms in total. The normalized spacial score (nSPS) is 15.7. The van der Waals surface area contributed by atoms with Gasteiger partial charge < -0.3 is 14.9 Å². The van der Waals surface area contributed by atoms with Gasteiger partial charge in [0.25, 0.3) is 11.1 Å². The number of imide groups is 1. The number of benzene rings is 1. The fourth-order valence-corrected chi connectivity index (χ4v) is 2.95. The third kappa shape index (κ3) is 4.60. The first kappa shape index (κ1) is 18.5. The first-order valence-corrected chi connectivity index (χ1v) is 8.08. The summed E-state index contributed by atoms with van der Waals surface area (Å²) in [6, 6.07) is 4.18. The lowest BCUT2D eigenvalue weighted by atomic mass is 10.1. The van der Waals surface area contributed by atoms with Gasteiger partial charge in [-0.2, -0.15) is 0 Å². The molecule has 25 heavy (non-hydrogen) atoms.